The fourth-order valence-electron chi connectivity index (χ4n) is 8.08. The molecule has 420 valence electrons. The molecule has 6 heteroatoms. The fraction of sp³-hybridized carbons (Fsp3) is 0.662. The Morgan fingerprint density at radius 3 is 0.878 bits per heavy atom. The number of hydrogen-bond donors (Lipinski definition) is 0. The van der Waals surface area contributed by atoms with Crippen LogP contribution in [-0.2, 0) is 28.6 Å². The van der Waals surface area contributed by atoms with Crippen molar-refractivity contribution in [1.29, 1.82) is 0 Å². The summed E-state index contributed by atoms with van der Waals surface area (Å²) in [4.78, 5) is 38.2. The van der Waals surface area contributed by atoms with Crippen LogP contribution >= 0.6 is 0 Å². The van der Waals surface area contributed by atoms with E-state index >= 15 is 0 Å². The minimum absolute atomic E-state index is 0.0970. The highest BCUT2D eigenvalue weighted by atomic mass is 16.6. The van der Waals surface area contributed by atoms with Gasteiger partial charge in [0.1, 0.15) is 13.2 Å². The van der Waals surface area contributed by atoms with Crippen LogP contribution < -0.4 is 0 Å². The first kappa shape index (κ1) is 69.8. The van der Waals surface area contributed by atoms with Gasteiger partial charge in [-0.25, -0.2) is 0 Å². The molecule has 1 atom stereocenters. The molecule has 0 spiro atoms. The quantitative estimate of drug-likeness (QED) is 0.0261. The van der Waals surface area contributed by atoms with E-state index < -0.39 is 6.10 Å². The molecule has 0 radical (unpaired) electrons. The summed E-state index contributed by atoms with van der Waals surface area (Å²) in [5.41, 5.74) is 0. The van der Waals surface area contributed by atoms with Gasteiger partial charge in [0.05, 0.1) is 0 Å². The molecule has 0 fully saturated rings. The molecule has 0 saturated heterocycles. The Labute approximate surface area is 456 Å². The van der Waals surface area contributed by atoms with Gasteiger partial charge in [-0.3, -0.25) is 14.4 Å². The molecule has 0 bridgehead atoms. The highest BCUT2D eigenvalue weighted by Gasteiger charge is 2.19. The average molecular weight is 1030 g/mol. The molecular weight excluding hydrogens is 913 g/mol. The van der Waals surface area contributed by atoms with Gasteiger partial charge in [0.15, 0.2) is 6.10 Å². The van der Waals surface area contributed by atoms with E-state index in [1.54, 1.807) is 0 Å². The van der Waals surface area contributed by atoms with Crippen LogP contribution in [0.4, 0.5) is 0 Å². The van der Waals surface area contributed by atoms with Crippen molar-refractivity contribution in [3.05, 3.63) is 122 Å². The lowest BCUT2D eigenvalue weighted by Gasteiger charge is -2.18. The van der Waals surface area contributed by atoms with Crippen LogP contribution in [0.3, 0.4) is 0 Å². The zero-order valence-corrected chi connectivity index (χ0v) is 48.1. The van der Waals surface area contributed by atoms with Crippen molar-refractivity contribution in [3.8, 4) is 0 Å². The first-order valence-corrected chi connectivity index (χ1v) is 30.5. The van der Waals surface area contributed by atoms with Crippen molar-refractivity contribution >= 4 is 17.9 Å². The van der Waals surface area contributed by atoms with Crippen molar-refractivity contribution in [2.45, 2.75) is 277 Å². The number of allylic oxidation sites excluding steroid dienone is 20. The lowest BCUT2D eigenvalue weighted by Crippen LogP contribution is -2.30. The first-order chi connectivity index (χ1) is 36.5. The molecule has 0 heterocycles. The van der Waals surface area contributed by atoms with Crippen LogP contribution in [0.5, 0.6) is 0 Å². The lowest BCUT2D eigenvalue weighted by molar-refractivity contribution is -0.167. The number of carbonyl (C=O) groups excluding carboxylic acids is 3. The van der Waals surface area contributed by atoms with E-state index in [0.717, 1.165) is 161 Å². The van der Waals surface area contributed by atoms with Crippen molar-refractivity contribution in [2.75, 3.05) is 13.2 Å². The van der Waals surface area contributed by atoms with Gasteiger partial charge >= 0.3 is 17.9 Å². The third kappa shape index (κ3) is 58.7. The highest BCUT2D eigenvalue weighted by molar-refractivity contribution is 5.71. The molecule has 0 aliphatic rings. The van der Waals surface area contributed by atoms with Gasteiger partial charge in [-0.2, -0.15) is 0 Å². The maximum absolute atomic E-state index is 12.9. The van der Waals surface area contributed by atoms with Gasteiger partial charge in [-0.1, -0.05) is 245 Å². The van der Waals surface area contributed by atoms with E-state index in [1.165, 1.54) is 70.6 Å². The summed E-state index contributed by atoms with van der Waals surface area (Å²) >= 11 is 0. The highest BCUT2D eigenvalue weighted by Crippen LogP contribution is 2.14. The predicted molar refractivity (Wildman–Crippen MR) is 320 cm³/mol. The standard InChI is InChI=1S/C68H112O6/c1-4-7-10-13-16-19-22-25-28-29-30-31-32-33-34-35-36-37-38-39-41-43-46-49-52-55-58-61-67(70)73-64-65(63-72-66(69)60-57-54-51-48-45-42-27-24-21-18-15-12-9-6-3)74-68(71)62-59-56-53-50-47-44-40-26-23-20-17-14-11-8-5-2/h7,10,15-16,18-19,24-28,30-31,33-34,36-37,39-41,65H,4-6,8-9,11-14,17,20-23,29,32,35,38,42-64H2,1-3H3/b10-7-,18-15-,19-16-,27-24-,28-25-,31-30-,34-33-,37-36-,40-26-,41-39-. The zero-order valence-electron chi connectivity index (χ0n) is 48.1. The Hall–Kier alpha value is -4.19. The minimum Gasteiger partial charge on any atom is -0.462 e. The number of rotatable bonds is 54. The number of hydrogen-bond acceptors (Lipinski definition) is 6. The molecule has 6 nitrogen and oxygen atoms in total. The topological polar surface area (TPSA) is 78.9 Å². The number of ether oxygens (including phenoxy) is 3. The summed E-state index contributed by atoms with van der Waals surface area (Å²) in [6, 6.07) is 0. The first-order valence-electron chi connectivity index (χ1n) is 30.5. The Kier molecular flexibility index (Phi) is 57.9. The SMILES string of the molecule is CC/C=C\C/C=C\C/C=C\C/C=C\C/C=C\C/C=C\C/C=C\CCCCCCCC(=O)OCC(COC(=O)CCCCCCC/C=C\C/C=C\CCCC)OC(=O)CCCCCCC/C=C\CCCCCCCC. The molecule has 0 aliphatic carbocycles. The monoisotopic (exact) mass is 1020 g/mol. The van der Waals surface area contributed by atoms with Crippen LogP contribution in [0.1, 0.15) is 271 Å². The number of esters is 3. The van der Waals surface area contributed by atoms with Gasteiger partial charge < -0.3 is 14.2 Å². The lowest BCUT2D eigenvalue weighted by atomic mass is 10.1. The van der Waals surface area contributed by atoms with Crippen LogP contribution in [0.25, 0.3) is 0 Å². The summed E-state index contributed by atoms with van der Waals surface area (Å²) in [5, 5.41) is 0. The van der Waals surface area contributed by atoms with Crippen molar-refractivity contribution < 1.29 is 28.6 Å². The average Bonchev–Trinajstić information content (AvgIpc) is 3.40. The van der Waals surface area contributed by atoms with Crippen LogP contribution in [0.15, 0.2) is 122 Å². The van der Waals surface area contributed by atoms with Gasteiger partial charge in [0.25, 0.3) is 0 Å². The maximum Gasteiger partial charge on any atom is 0.306 e. The Morgan fingerprint density at radius 1 is 0.284 bits per heavy atom. The minimum atomic E-state index is -0.800. The van der Waals surface area contributed by atoms with E-state index in [-0.39, 0.29) is 31.1 Å². The molecule has 0 aromatic rings. The molecule has 0 amide bonds. The molecule has 74 heavy (non-hydrogen) atoms. The van der Waals surface area contributed by atoms with E-state index in [0.29, 0.717) is 19.3 Å². The van der Waals surface area contributed by atoms with Gasteiger partial charge in [0.2, 0.25) is 0 Å². The molecule has 1 unspecified atom stereocenters. The van der Waals surface area contributed by atoms with E-state index in [2.05, 4.69) is 142 Å². The maximum atomic E-state index is 12.9. The summed E-state index contributed by atoms with van der Waals surface area (Å²) in [7, 11) is 0. The Balaban J connectivity index is 4.40. The number of carbonyl (C=O) groups is 3. The molecule has 0 aromatic carbocycles. The largest absolute Gasteiger partial charge is 0.462 e. The molecule has 0 rings (SSSR count). The summed E-state index contributed by atoms with van der Waals surface area (Å²) < 4.78 is 16.9. The molecular formula is C68H112O6. The van der Waals surface area contributed by atoms with E-state index in [4.69, 9.17) is 14.2 Å². The van der Waals surface area contributed by atoms with Crippen LogP contribution in [0.2, 0.25) is 0 Å². The number of unbranched alkanes of at least 4 members (excludes halogenated alkanes) is 23. The van der Waals surface area contributed by atoms with Crippen LogP contribution in [0, 0.1) is 0 Å². The van der Waals surface area contributed by atoms with Gasteiger partial charge in [-0.05, 0) is 128 Å². The third-order valence-corrected chi connectivity index (χ3v) is 12.7. The smallest absolute Gasteiger partial charge is 0.306 e. The second-order valence-electron chi connectivity index (χ2n) is 19.9. The van der Waals surface area contributed by atoms with E-state index in [9.17, 15) is 14.4 Å². The second kappa shape index (κ2) is 61.4. The summed E-state index contributed by atoms with van der Waals surface area (Å²) in [6.07, 6.45) is 84.8. The predicted octanol–water partition coefficient (Wildman–Crippen LogP) is 20.8. The van der Waals surface area contributed by atoms with Crippen molar-refractivity contribution in [1.82, 2.24) is 0 Å². The van der Waals surface area contributed by atoms with Crippen LogP contribution in [-0.4, -0.2) is 37.2 Å². The van der Waals surface area contributed by atoms with Gasteiger partial charge in [-0.15, -0.1) is 0 Å². The van der Waals surface area contributed by atoms with E-state index in [1.807, 2.05) is 0 Å². The van der Waals surface area contributed by atoms with Crippen molar-refractivity contribution in [2.24, 2.45) is 0 Å². The van der Waals surface area contributed by atoms with Crippen molar-refractivity contribution in [3.63, 3.8) is 0 Å². The second-order valence-corrected chi connectivity index (χ2v) is 19.9. The third-order valence-electron chi connectivity index (χ3n) is 12.7. The Bertz CT molecular complexity index is 1550. The summed E-state index contributed by atoms with van der Waals surface area (Å²) in [6.45, 7) is 6.45. The Morgan fingerprint density at radius 2 is 0.541 bits per heavy atom. The zero-order chi connectivity index (χ0) is 53.6. The molecule has 0 aromatic heterocycles. The molecule has 0 aliphatic heterocycles. The van der Waals surface area contributed by atoms with Gasteiger partial charge in [0, 0.05) is 19.3 Å². The molecule has 0 N–H and O–H groups in total. The fourth-order valence-corrected chi connectivity index (χ4v) is 8.08. The molecule has 0 saturated carbocycles. The normalized spacial score (nSPS) is 13.0. The summed E-state index contributed by atoms with van der Waals surface area (Å²) in [5.74, 6) is -0.937.